The Morgan fingerprint density at radius 1 is 1.23 bits per heavy atom. The van der Waals surface area contributed by atoms with Crippen molar-refractivity contribution in [3.8, 4) is 0 Å². The third-order valence-corrected chi connectivity index (χ3v) is 5.39. The quantitative estimate of drug-likeness (QED) is 0.787. The molecule has 136 valence electrons. The minimum atomic E-state index is -0.648. The normalized spacial score (nSPS) is 19.7. The maximum Gasteiger partial charge on any atom is 0.329 e. The zero-order chi connectivity index (χ0) is 18.5. The first-order valence-corrected chi connectivity index (χ1v) is 9.49. The van der Waals surface area contributed by atoms with E-state index in [-0.39, 0.29) is 24.8 Å². The van der Waals surface area contributed by atoms with Gasteiger partial charge in [-0.3, -0.25) is 9.59 Å². The molecule has 1 fully saturated rings. The number of benzene rings is 2. The van der Waals surface area contributed by atoms with Gasteiger partial charge in [-0.25, -0.2) is 4.79 Å². The fourth-order valence-electron chi connectivity index (χ4n) is 2.82. The van der Waals surface area contributed by atoms with Gasteiger partial charge in [0, 0.05) is 23.2 Å². The number of hydrogen-bond acceptors (Lipinski definition) is 5. The summed E-state index contributed by atoms with van der Waals surface area (Å²) in [6.45, 7) is 1.99. The van der Waals surface area contributed by atoms with E-state index in [2.05, 4.69) is 10.6 Å². The summed E-state index contributed by atoms with van der Waals surface area (Å²) in [5.41, 5.74) is 0.721. The van der Waals surface area contributed by atoms with Crippen LogP contribution in [0.15, 0.2) is 42.5 Å². The minimum absolute atomic E-state index is 0.0509. The average Bonchev–Trinajstić information content (AvgIpc) is 2.64. The molecule has 7 heteroatoms. The van der Waals surface area contributed by atoms with Crippen molar-refractivity contribution in [1.82, 2.24) is 5.32 Å². The zero-order valence-corrected chi connectivity index (χ0v) is 15.2. The highest BCUT2D eigenvalue weighted by Gasteiger charge is 2.34. The van der Waals surface area contributed by atoms with Crippen molar-refractivity contribution in [3.05, 3.63) is 42.5 Å². The molecule has 2 aromatic carbocycles. The first-order chi connectivity index (χ1) is 12.6. The molecule has 0 aromatic heterocycles. The van der Waals surface area contributed by atoms with E-state index < -0.39 is 17.3 Å². The highest BCUT2D eigenvalue weighted by atomic mass is 32.2. The highest BCUT2D eigenvalue weighted by molar-refractivity contribution is 8.00. The summed E-state index contributed by atoms with van der Waals surface area (Å²) in [4.78, 5) is 36.3. The maximum absolute atomic E-state index is 12.4. The predicted molar refractivity (Wildman–Crippen MR) is 102 cm³/mol. The zero-order valence-electron chi connectivity index (χ0n) is 14.4. The number of rotatable bonds is 5. The Morgan fingerprint density at radius 2 is 2.00 bits per heavy atom. The number of fused-ring (bicyclic) bond motifs is 1. The van der Waals surface area contributed by atoms with Crippen LogP contribution in [0.5, 0.6) is 0 Å². The van der Waals surface area contributed by atoms with Crippen LogP contribution in [0.3, 0.4) is 0 Å². The molecule has 1 heterocycles. The lowest BCUT2D eigenvalue weighted by molar-refractivity contribution is -0.146. The van der Waals surface area contributed by atoms with Gasteiger partial charge in [-0.05, 0) is 18.4 Å². The number of thioether (sulfide) groups is 1. The number of amides is 2. The molecule has 0 spiro atoms. The molecule has 2 atom stereocenters. The molecule has 6 nitrogen and oxygen atoms in total. The van der Waals surface area contributed by atoms with Crippen molar-refractivity contribution < 1.29 is 19.1 Å². The molecular weight excluding hydrogens is 352 g/mol. The number of carbonyl (C=O) groups is 3. The third-order valence-electron chi connectivity index (χ3n) is 4.08. The molecule has 0 radical (unpaired) electrons. The molecule has 1 aliphatic rings. The largest absolute Gasteiger partial charge is 0.464 e. The first-order valence-electron chi connectivity index (χ1n) is 8.44. The monoisotopic (exact) mass is 372 g/mol. The predicted octanol–water partition coefficient (Wildman–Crippen LogP) is 2.33. The smallest absolute Gasteiger partial charge is 0.329 e. The highest BCUT2D eigenvalue weighted by Crippen LogP contribution is 2.25. The van der Waals surface area contributed by atoms with E-state index in [1.54, 1.807) is 6.92 Å². The Bertz CT molecular complexity index is 834. The van der Waals surface area contributed by atoms with Crippen LogP contribution in [-0.4, -0.2) is 41.4 Å². The van der Waals surface area contributed by atoms with E-state index in [9.17, 15) is 14.4 Å². The van der Waals surface area contributed by atoms with E-state index in [0.717, 1.165) is 16.5 Å². The molecule has 3 rings (SSSR count). The molecule has 0 unspecified atom stereocenters. The van der Waals surface area contributed by atoms with E-state index in [4.69, 9.17) is 4.74 Å². The van der Waals surface area contributed by atoms with Crippen molar-refractivity contribution in [2.75, 3.05) is 17.7 Å². The van der Waals surface area contributed by atoms with Gasteiger partial charge in [0.1, 0.15) is 6.04 Å². The Balaban J connectivity index is 1.60. The second kappa shape index (κ2) is 8.23. The molecule has 2 amide bonds. The van der Waals surface area contributed by atoms with Crippen LogP contribution in [-0.2, 0) is 19.1 Å². The molecule has 2 N–H and O–H groups in total. The van der Waals surface area contributed by atoms with E-state index >= 15 is 0 Å². The summed E-state index contributed by atoms with van der Waals surface area (Å²) < 4.78 is 4.92. The molecule has 1 saturated heterocycles. The van der Waals surface area contributed by atoms with Gasteiger partial charge in [0.25, 0.3) is 0 Å². The Hall–Kier alpha value is -2.54. The lowest BCUT2D eigenvalue weighted by Gasteiger charge is -2.27. The summed E-state index contributed by atoms with van der Waals surface area (Å²) in [5, 5.41) is 6.99. The van der Waals surface area contributed by atoms with Crippen molar-refractivity contribution in [2.24, 2.45) is 0 Å². The van der Waals surface area contributed by atoms with Crippen molar-refractivity contribution in [2.45, 2.75) is 24.6 Å². The number of hydrogen-bond donors (Lipinski definition) is 2. The molecule has 0 aliphatic carbocycles. The minimum Gasteiger partial charge on any atom is -0.464 e. The van der Waals surface area contributed by atoms with Gasteiger partial charge in [0.2, 0.25) is 11.8 Å². The molecule has 1 aliphatic heterocycles. The molecule has 0 saturated carbocycles. The van der Waals surface area contributed by atoms with Crippen LogP contribution in [0.4, 0.5) is 5.69 Å². The average molecular weight is 372 g/mol. The molecular formula is C19H20N2O4S. The number of esters is 1. The van der Waals surface area contributed by atoms with Crippen LogP contribution in [0.25, 0.3) is 10.8 Å². The van der Waals surface area contributed by atoms with Crippen molar-refractivity contribution >= 4 is 46.0 Å². The second-order valence-electron chi connectivity index (χ2n) is 5.91. The van der Waals surface area contributed by atoms with Crippen LogP contribution in [0.1, 0.15) is 13.3 Å². The van der Waals surface area contributed by atoms with Gasteiger partial charge in [0.15, 0.2) is 0 Å². The molecule has 26 heavy (non-hydrogen) atoms. The number of carbonyl (C=O) groups excluding carboxylic acids is 3. The number of anilines is 1. The van der Waals surface area contributed by atoms with E-state index in [0.29, 0.717) is 5.75 Å². The summed E-state index contributed by atoms with van der Waals surface area (Å²) in [7, 11) is 0. The van der Waals surface area contributed by atoms with Gasteiger partial charge >= 0.3 is 5.97 Å². The Morgan fingerprint density at radius 3 is 2.77 bits per heavy atom. The second-order valence-corrected chi connectivity index (χ2v) is 7.15. The maximum atomic E-state index is 12.4. The van der Waals surface area contributed by atoms with Gasteiger partial charge in [-0.2, -0.15) is 0 Å². The summed E-state index contributed by atoms with van der Waals surface area (Å²) in [6.07, 6.45) is 0.0509. The topological polar surface area (TPSA) is 84.5 Å². The SMILES string of the molecule is CCOC(=O)[C@@H]1CS[C@H](CC(=O)Nc2cccc3ccccc23)C(=O)N1. The van der Waals surface area contributed by atoms with Gasteiger partial charge in [-0.1, -0.05) is 36.4 Å². The van der Waals surface area contributed by atoms with Crippen molar-refractivity contribution in [3.63, 3.8) is 0 Å². The molecule has 0 bridgehead atoms. The van der Waals surface area contributed by atoms with E-state index in [1.807, 2.05) is 42.5 Å². The lowest BCUT2D eigenvalue weighted by atomic mass is 10.1. The van der Waals surface area contributed by atoms with Crippen LogP contribution < -0.4 is 10.6 Å². The molecule has 2 aromatic rings. The fourth-order valence-corrected chi connectivity index (χ4v) is 3.95. The van der Waals surface area contributed by atoms with Crippen LogP contribution in [0, 0.1) is 0 Å². The van der Waals surface area contributed by atoms with Crippen molar-refractivity contribution in [1.29, 1.82) is 0 Å². The van der Waals surface area contributed by atoms with Crippen LogP contribution in [0.2, 0.25) is 0 Å². The number of nitrogens with one attached hydrogen (secondary N) is 2. The number of ether oxygens (including phenoxy) is 1. The first kappa shape index (κ1) is 18.3. The Labute approximate surface area is 155 Å². The summed E-state index contributed by atoms with van der Waals surface area (Å²) in [5.74, 6) is -0.584. The van der Waals surface area contributed by atoms with Gasteiger partial charge in [-0.15, -0.1) is 11.8 Å². The van der Waals surface area contributed by atoms with Crippen LogP contribution >= 0.6 is 11.8 Å². The van der Waals surface area contributed by atoms with Gasteiger partial charge in [0.05, 0.1) is 11.9 Å². The summed E-state index contributed by atoms with van der Waals surface area (Å²) in [6, 6.07) is 12.8. The Kier molecular flexibility index (Phi) is 5.78. The lowest BCUT2D eigenvalue weighted by Crippen LogP contribution is -2.51. The summed E-state index contributed by atoms with van der Waals surface area (Å²) >= 11 is 1.30. The van der Waals surface area contributed by atoms with E-state index in [1.165, 1.54) is 11.8 Å². The van der Waals surface area contributed by atoms with Gasteiger partial charge < -0.3 is 15.4 Å². The standard InChI is InChI=1S/C19H20N2O4S/c1-2-25-19(24)15-11-26-16(18(23)21-15)10-17(22)20-14-9-5-7-12-6-3-4-8-13(12)14/h3-9,15-16H,2,10-11H2,1H3,(H,20,22)(H,21,23)/t15-,16+/m0/s1. The fraction of sp³-hybridized carbons (Fsp3) is 0.316. The third kappa shape index (κ3) is 4.16.